The van der Waals surface area contributed by atoms with Crippen LogP contribution in [0.5, 0.6) is 23.0 Å². The number of carboxylic acids is 1. The number of para-hydroxylation sites is 2. The molecule has 0 unspecified atom stereocenters. The number of ether oxygens (including phenoxy) is 3. The number of fused-ring (bicyclic) bond motifs is 3. The summed E-state index contributed by atoms with van der Waals surface area (Å²) in [5.41, 5.74) is 4.73. The molecule has 7 aromatic rings. The van der Waals surface area contributed by atoms with Gasteiger partial charge in [-0.15, -0.1) is 0 Å². The summed E-state index contributed by atoms with van der Waals surface area (Å²) in [4.78, 5) is 16.5. The van der Waals surface area contributed by atoms with Crippen molar-refractivity contribution in [2.45, 2.75) is 20.1 Å². The maximum absolute atomic E-state index is 11.8. The van der Waals surface area contributed by atoms with Gasteiger partial charge in [0.05, 0.1) is 18.0 Å². The summed E-state index contributed by atoms with van der Waals surface area (Å²) in [5, 5.41) is 11.6. The van der Waals surface area contributed by atoms with Crippen molar-refractivity contribution in [2.24, 2.45) is 0 Å². The Bertz CT molecular complexity index is 2210. The number of aryl methyl sites for hydroxylation is 1. The number of aromatic carboxylic acids is 1. The van der Waals surface area contributed by atoms with Gasteiger partial charge in [0, 0.05) is 23.0 Å². The van der Waals surface area contributed by atoms with E-state index in [4.69, 9.17) is 18.6 Å². The van der Waals surface area contributed by atoms with Crippen LogP contribution < -0.4 is 14.2 Å². The Kier molecular flexibility index (Phi) is 9.36. The Balaban J connectivity index is 0.00000386. The standard InChI is InChI=1S/C38H30N2O6.Na.H/c1-24-29(39-37(45-24)26-11-4-3-5-12-26)23-44-33-20-19-25(21-35(33)43-2)22-40-30-15-8-6-13-27(30)36-31(40)16-10-18-34(36)46-32-17-9-7-14-28(32)38(41)42;;/h3-21H,22-23H2,1-2H3,(H,41,42);;. The van der Waals surface area contributed by atoms with Crippen LogP contribution in [0.15, 0.2) is 120 Å². The van der Waals surface area contributed by atoms with E-state index in [1.54, 1.807) is 25.3 Å². The number of rotatable bonds is 10. The van der Waals surface area contributed by atoms with Gasteiger partial charge in [0.1, 0.15) is 35.1 Å². The van der Waals surface area contributed by atoms with Crippen LogP contribution in [0.3, 0.4) is 0 Å². The number of hydrogen-bond acceptors (Lipinski definition) is 6. The van der Waals surface area contributed by atoms with Gasteiger partial charge in [-0.3, -0.25) is 0 Å². The number of hydrogen-bond donors (Lipinski definition) is 1. The second-order valence-electron chi connectivity index (χ2n) is 10.8. The molecule has 1 N–H and O–H groups in total. The molecule has 7 rings (SSSR count). The van der Waals surface area contributed by atoms with E-state index in [1.807, 2.05) is 85.8 Å². The van der Waals surface area contributed by atoms with Gasteiger partial charge in [0.15, 0.2) is 11.5 Å². The topological polar surface area (TPSA) is 96.0 Å². The molecule has 2 aromatic heterocycles. The predicted molar refractivity (Wildman–Crippen MR) is 183 cm³/mol. The zero-order valence-corrected chi connectivity index (χ0v) is 25.3. The first kappa shape index (κ1) is 31.9. The van der Waals surface area contributed by atoms with E-state index in [2.05, 4.69) is 21.7 Å². The Morgan fingerprint density at radius 1 is 0.809 bits per heavy atom. The minimum atomic E-state index is -1.04. The third-order valence-corrected chi connectivity index (χ3v) is 7.94. The van der Waals surface area contributed by atoms with Crippen LogP contribution in [0.25, 0.3) is 33.3 Å². The van der Waals surface area contributed by atoms with Crippen LogP contribution in [0.2, 0.25) is 0 Å². The van der Waals surface area contributed by atoms with Crippen molar-refractivity contribution < 1.29 is 28.5 Å². The summed E-state index contributed by atoms with van der Waals surface area (Å²) < 4.78 is 26.3. The molecule has 0 spiro atoms. The van der Waals surface area contributed by atoms with E-state index in [9.17, 15) is 9.90 Å². The summed E-state index contributed by atoms with van der Waals surface area (Å²) >= 11 is 0. The van der Waals surface area contributed by atoms with Crippen LogP contribution >= 0.6 is 0 Å². The first-order valence-electron chi connectivity index (χ1n) is 14.8. The van der Waals surface area contributed by atoms with E-state index in [-0.39, 0.29) is 47.5 Å². The molecular formula is C38H31N2NaO6. The Labute approximate surface area is 293 Å². The van der Waals surface area contributed by atoms with Crippen molar-refractivity contribution in [3.8, 4) is 34.5 Å². The Morgan fingerprint density at radius 3 is 2.34 bits per heavy atom. The average Bonchev–Trinajstić information content (AvgIpc) is 3.62. The van der Waals surface area contributed by atoms with Gasteiger partial charge in [0.25, 0.3) is 0 Å². The van der Waals surface area contributed by atoms with Crippen molar-refractivity contribution in [3.05, 3.63) is 138 Å². The second kappa shape index (κ2) is 13.8. The van der Waals surface area contributed by atoms with Crippen molar-refractivity contribution in [3.63, 3.8) is 0 Å². The molecule has 0 aliphatic rings. The number of carboxylic acid groups (broad SMARTS) is 1. The van der Waals surface area contributed by atoms with Crippen molar-refractivity contribution >= 4 is 57.3 Å². The molecule has 0 saturated carbocycles. The molecule has 0 bridgehead atoms. The van der Waals surface area contributed by atoms with E-state index in [0.29, 0.717) is 35.4 Å². The fourth-order valence-corrected chi connectivity index (χ4v) is 5.70. The zero-order valence-electron chi connectivity index (χ0n) is 25.3. The van der Waals surface area contributed by atoms with Crippen LogP contribution in [-0.4, -0.2) is 57.3 Å². The van der Waals surface area contributed by atoms with Crippen molar-refractivity contribution in [2.75, 3.05) is 7.11 Å². The molecule has 0 radical (unpaired) electrons. The fourth-order valence-electron chi connectivity index (χ4n) is 5.70. The maximum atomic E-state index is 11.8. The summed E-state index contributed by atoms with van der Waals surface area (Å²) in [5.74, 6) is 2.31. The van der Waals surface area contributed by atoms with Gasteiger partial charge < -0.3 is 28.3 Å². The summed E-state index contributed by atoms with van der Waals surface area (Å²) in [7, 11) is 1.62. The SMILES string of the molecule is COc1cc(Cn2c3ccccc3c3c(Oc4ccccc4C(=O)O)cccc32)ccc1OCc1nc(-c2ccccc2)oc1C.[NaH]. The third-order valence-electron chi connectivity index (χ3n) is 7.94. The molecule has 0 aliphatic carbocycles. The van der Waals surface area contributed by atoms with Gasteiger partial charge in [-0.1, -0.05) is 60.7 Å². The fraction of sp³-hybridized carbons (Fsp3) is 0.105. The van der Waals surface area contributed by atoms with Crippen LogP contribution in [-0.2, 0) is 13.2 Å². The molecule has 0 aliphatic heterocycles. The van der Waals surface area contributed by atoms with E-state index < -0.39 is 5.97 Å². The summed E-state index contributed by atoms with van der Waals surface area (Å²) in [6.45, 7) is 2.67. The predicted octanol–water partition coefficient (Wildman–Crippen LogP) is 8.24. The number of oxazole rings is 1. The molecule has 9 heteroatoms. The van der Waals surface area contributed by atoms with Crippen molar-refractivity contribution in [1.29, 1.82) is 0 Å². The molecule has 0 saturated heterocycles. The molecule has 2 heterocycles. The summed E-state index contributed by atoms with van der Waals surface area (Å²) in [6, 6.07) is 36.3. The number of benzene rings is 5. The second-order valence-corrected chi connectivity index (χ2v) is 10.8. The zero-order chi connectivity index (χ0) is 31.6. The number of aromatic nitrogens is 2. The average molecular weight is 635 g/mol. The first-order valence-corrected chi connectivity index (χ1v) is 14.8. The molecule has 47 heavy (non-hydrogen) atoms. The number of carbonyl (C=O) groups is 1. The van der Waals surface area contributed by atoms with E-state index in [1.165, 1.54) is 6.07 Å². The van der Waals surface area contributed by atoms with Gasteiger partial charge in [-0.25, -0.2) is 9.78 Å². The summed E-state index contributed by atoms with van der Waals surface area (Å²) in [6.07, 6.45) is 0. The van der Waals surface area contributed by atoms with Gasteiger partial charge in [-0.05, 0) is 67.1 Å². The van der Waals surface area contributed by atoms with E-state index in [0.717, 1.165) is 38.6 Å². The number of methoxy groups -OCH3 is 1. The van der Waals surface area contributed by atoms with Crippen LogP contribution in [0.1, 0.15) is 27.4 Å². The molecule has 230 valence electrons. The van der Waals surface area contributed by atoms with E-state index >= 15 is 0 Å². The molecule has 0 amide bonds. The van der Waals surface area contributed by atoms with Gasteiger partial charge in [0.2, 0.25) is 5.89 Å². The number of nitrogens with zero attached hydrogens (tertiary/aromatic N) is 2. The monoisotopic (exact) mass is 634 g/mol. The molecular weight excluding hydrogens is 603 g/mol. The van der Waals surface area contributed by atoms with Crippen molar-refractivity contribution in [1.82, 2.24) is 9.55 Å². The first-order chi connectivity index (χ1) is 22.5. The van der Waals surface area contributed by atoms with Crippen LogP contribution in [0.4, 0.5) is 0 Å². The van der Waals surface area contributed by atoms with Crippen LogP contribution in [0, 0.1) is 6.92 Å². The third kappa shape index (κ3) is 6.36. The Hall–Kier alpha value is -5.02. The molecule has 8 nitrogen and oxygen atoms in total. The molecule has 0 fully saturated rings. The molecule has 5 aromatic carbocycles. The molecule has 0 atom stereocenters. The Morgan fingerprint density at radius 2 is 1.53 bits per heavy atom. The van der Waals surface area contributed by atoms with Gasteiger partial charge >= 0.3 is 35.5 Å². The van der Waals surface area contributed by atoms with Gasteiger partial charge in [-0.2, -0.15) is 0 Å². The normalized spacial score (nSPS) is 10.9. The minimum absolute atomic E-state index is 0. The quantitative estimate of drug-likeness (QED) is 0.151.